The average Bonchev–Trinajstić information content (AvgIpc) is 2.81. The third kappa shape index (κ3) is 3.24. The molecule has 5 nitrogen and oxygen atoms in total. The van der Waals surface area contributed by atoms with Crippen molar-refractivity contribution in [3.63, 3.8) is 0 Å². The summed E-state index contributed by atoms with van der Waals surface area (Å²) in [5, 5.41) is 0. The van der Waals surface area contributed by atoms with E-state index in [-0.39, 0.29) is 5.91 Å². The molecule has 0 saturated carbocycles. The Labute approximate surface area is 130 Å². The molecule has 2 aromatic heterocycles. The summed E-state index contributed by atoms with van der Waals surface area (Å²) in [4.78, 5) is 25.2. The lowest BCUT2D eigenvalue weighted by Gasteiger charge is -2.23. The van der Waals surface area contributed by atoms with Crippen LogP contribution in [0.25, 0.3) is 0 Å². The largest absolute Gasteiger partial charge is 0.355 e. The topological polar surface area (TPSA) is 49.3 Å². The van der Waals surface area contributed by atoms with Gasteiger partial charge in [-0.2, -0.15) is 0 Å². The number of carbonyl (C=O) groups excluding carboxylic acids is 1. The van der Waals surface area contributed by atoms with Gasteiger partial charge in [-0.05, 0) is 37.6 Å². The van der Waals surface area contributed by atoms with Gasteiger partial charge >= 0.3 is 0 Å². The van der Waals surface area contributed by atoms with Gasteiger partial charge in [-0.3, -0.25) is 9.78 Å². The highest BCUT2D eigenvalue weighted by Gasteiger charge is 2.20. The second-order valence-corrected chi connectivity index (χ2v) is 5.51. The van der Waals surface area contributed by atoms with E-state index in [9.17, 15) is 4.79 Å². The van der Waals surface area contributed by atoms with E-state index in [1.165, 1.54) is 0 Å². The Kier molecular flexibility index (Phi) is 4.32. The zero-order valence-electron chi connectivity index (χ0n) is 12.8. The molecule has 3 rings (SSSR count). The van der Waals surface area contributed by atoms with Gasteiger partial charge in [-0.25, -0.2) is 4.98 Å². The SMILES string of the molecule is Cc1cccc(N2CCCN(C(=O)c3ccncc3)CC2)n1. The molecule has 0 aliphatic carbocycles. The molecular formula is C17H20N4O. The van der Waals surface area contributed by atoms with Crippen molar-refractivity contribution in [2.75, 3.05) is 31.1 Å². The predicted octanol–water partition coefficient (Wildman–Crippen LogP) is 2.14. The monoisotopic (exact) mass is 296 g/mol. The highest BCUT2D eigenvalue weighted by atomic mass is 16.2. The molecule has 0 spiro atoms. The van der Waals surface area contributed by atoms with Gasteiger partial charge in [-0.15, -0.1) is 0 Å². The fraction of sp³-hybridized carbons (Fsp3) is 0.353. The summed E-state index contributed by atoms with van der Waals surface area (Å²) >= 11 is 0. The molecule has 114 valence electrons. The van der Waals surface area contributed by atoms with Gasteiger partial charge in [0.05, 0.1) is 0 Å². The van der Waals surface area contributed by atoms with Gasteiger partial charge in [0.15, 0.2) is 0 Å². The van der Waals surface area contributed by atoms with E-state index in [0.29, 0.717) is 5.56 Å². The number of anilines is 1. The summed E-state index contributed by atoms with van der Waals surface area (Å²) in [5.41, 5.74) is 1.73. The van der Waals surface area contributed by atoms with Crippen LogP contribution in [0.2, 0.25) is 0 Å². The first-order valence-electron chi connectivity index (χ1n) is 7.62. The van der Waals surface area contributed by atoms with Crippen LogP contribution in [0.5, 0.6) is 0 Å². The third-order valence-electron chi connectivity index (χ3n) is 3.91. The molecular weight excluding hydrogens is 276 g/mol. The molecule has 5 heteroatoms. The second-order valence-electron chi connectivity index (χ2n) is 5.51. The first kappa shape index (κ1) is 14.5. The average molecular weight is 296 g/mol. The summed E-state index contributed by atoms with van der Waals surface area (Å²) < 4.78 is 0. The lowest BCUT2D eigenvalue weighted by atomic mass is 10.2. The summed E-state index contributed by atoms with van der Waals surface area (Å²) in [5.74, 6) is 1.08. The Bertz CT molecular complexity index is 644. The fourth-order valence-electron chi connectivity index (χ4n) is 2.73. The number of rotatable bonds is 2. The Morgan fingerprint density at radius 2 is 1.86 bits per heavy atom. The maximum Gasteiger partial charge on any atom is 0.254 e. The summed E-state index contributed by atoms with van der Waals surface area (Å²) in [6.07, 6.45) is 4.27. The number of nitrogens with zero attached hydrogens (tertiary/aromatic N) is 4. The number of hydrogen-bond acceptors (Lipinski definition) is 4. The van der Waals surface area contributed by atoms with E-state index in [4.69, 9.17) is 0 Å². The summed E-state index contributed by atoms with van der Waals surface area (Å²) in [6.45, 7) is 5.24. The Morgan fingerprint density at radius 3 is 2.64 bits per heavy atom. The standard InChI is InChI=1S/C17H20N4O/c1-14-4-2-5-16(19-14)20-10-3-11-21(13-12-20)17(22)15-6-8-18-9-7-15/h2,4-9H,3,10-13H2,1H3. The van der Waals surface area contributed by atoms with Crippen molar-refractivity contribution in [1.82, 2.24) is 14.9 Å². The number of hydrogen-bond donors (Lipinski definition) is 0. The van der Waals surface area contributed by atoms with E-state index >= 15 is 0 Å². The van der Waals surface area contributed by atoms with Crippen LogP contribution in [0.4, 0.5) is 5.82 Å². The van der Waals surface area contributed by atoms with Crippen molar-refractivity contribution in [2.24, 2.45) is 0 Å². The Morgan fingerprint density at radius 1 is 1.05 bits per heavy atom. The number of aromatic nitrogens is 2. The summed E-state index contributed by atoms with van der Waals surface area (Å²) in [7, 11) is 0. The molecule has 1 amide bonds. The van der Waals surface area contributed by atoms with Gasteiger partial charge < -0.3 is 9.80 Å². The molecule has 0 bridgehead atoms. The maximum atomic E-state index is 12.5. The zero-order chi connectivity index (χ0) is 15.4. The minimum Gasteiger partial charge on any atom is -0.355 e. The third-order valence-corrected chi connectivity index (χ3v) is 3.91. The molecule has 0 unspecified atom stereocenters. The van der Waals surface area contributed by atoms with E-state index in [0.717, 1.165) is 44.1 Å². The Balaban J connectivity index is 1.69. The van der Waals surface area contributed by atoms with Crippen LogP contribution < -0.4 is 4.90 Å². The van der Waals surface area contributed by atoms with Crippen molar-refractivity contribution in [2.45, 2.75) is 13.3 Å². The highest BCUT2D eigenvalue weighted by molar-refractivity contribution is 5.94. The van der Waals surface area contributed by atoms with Crippen molar-refractivity contribution in [1.29, 1.82) is 0 Å². The van der Waals surface area contributed by atoms with Gasteiger partial charge in [0.1, 0.15) is 5.82 Å². The molecule has 0 N–H and O–H groups in total. The fourth-order valence-corrected chi connectivity index (χ4v) is 2.73. The lowest BCUT2D eigenvalue weighted by molar-refractivity contribution is 0.0767. The first-order chi connectivity index (χ1) is 10.7. The van der Waals surface area contributed by atoms with Crippen LogP contribution in [-0.2, 0) is 0 Å². The Hall–Kier alpha value is -2.43. The quantitative estimate of drug-likeness (QED) is 0.852. The van der Waals surface area contributed by atoms with E-state index in [1.807, 2.05) is 30.0 Å². The molecule has 22 heavy (non-hydrogen) atoms. The molecule has 0 radical (unpaired) electrons. The second kappa shape index (κ2) is 6.56. The van der Waals surface area contributed by atoms with Crippen LogP contribution >= 0.6 is 0 Å². The zero-order valence-corrected chi connectivity index (χ0v) is 12.8. The van der Waals surface area contributed by atoms with Crippen molar-refractivity contribution in [3.05, 3.63) is 54.0 Å². The number of aryl methyl sites for hydroxylation is 1. The molecule has 1 fully saturated rings. The minimum absolute atomic E-state index is 0.0847. The van der Waals surface area contributed by atoms with Crippen LogP contribution in [-0.4, -0.2) is 47.0 Å². The molecule has 1 aliphatic rings. The van der Waals surface area contributed by atoms with Crippen LogP contribution in [0.1, 0.15) is 22.5 Å². The molecule has 3 heterocycles. The van der Waals surface area contributed by atoms with Gasteiger partial charge in [-0.1, -0.05) is 6.07 Å². The normalized spacial score (nSPS) is 15.5. The highest BCUT2D eigenvalue weighted by Crippen LogP contribution is 2.15. The van der Waals surface area contributed by atoms with Crippen molar-refractivity contribution in [3.8, 4) is 0 Å². The van der Waals surface area contributed by atoms with Crippen LogP contribution in [0.15, 0.2) is 42.7 Å². The van der Waals surface area contributed by atoms with Crippen LogP contribution in [0, 0.1) is 6.92 Å². The first-order valence-corrected chi connectivity index (χ1v) is 7.62. The van der Waals surface area contributed by atoms with Crippen molar-refractivity contribution >= 4 is 11.7 Å². The lowest BCUT2D eigenvalue weighted by Crippen LogP contribution is -2.35. The van der Waals surface area contributed by atoms with E-state index < -0.39 is 0 Å². The minimum atomic E-state index is 0.0847. The van der Waals surface area contributed by atoms with Gasteiger partial charge in [0, 0.05) is 49.8 Å². The summed E-state index contributed by atoms with van der Waals surface area (Å²) in [6, 6.07) is 9.61. The molecule has 0 atom stereocenters. The molecule has 2 aromatic rings. The smallest absolute Gasteiger partial charge is 0.254 e. The van der Waals surface area contributed by atoms with Crippen molar-refractivity contribution < 1.29 is 4.79 Å². The van der Waals surface area contributed by atoms with E-state index in [2.05, 4.69) is 14.9 Å². The van der Waals surface area contributed by atoms with Gasteiger partial charge in [0.2, 0.25) is 0 Å². The molecule has 1 saturated heterocycles. The van der Waals surface area contributed by atoms with Gasteiger partial charge in [0.25, 0.3) is 5.91 Å². The molecule has 1 aliphatic heterocycles. The number of pyridine rings is 2. The number of carbonyl (C=O) groups is 1. The van der Waals surface area contributed by atoms with E-state index in [1.54, 1.807) is 24.5 Å². The van der Waals surface area contributed by atoms with Crippen LogP contribution in [0.3, 0.4) is 0 Å². The maximum absolute atomic E-state index is 12.5. The number of amides is 1. The molecule has 0 aromatic carbocycles. The predicted molar refractivity (Wildman–Crippen MR) is 85.9 cm³/mol.